The summed E-state index contributed by atoms with van der Waals surface area (Å²) in [7, 11) is 0. The lowest BCUT2D eigenvalue weighted by Crippen LogP contribution is -2.57. The minimum Gasteiger partial charge on any atom is -0.481 e. The van der Waals surface area contributed by atoms with Crippen molar-refractivity contribution in [1.29, 1.82) is 0 Å². The molecule has 0 spiro atoms. The normalized spacial score (nSPS) is 22.1. The van der Waals surface area contributed by atoms with E-state index < -0.39 is 29.4 Å². The Bertz CT molecular complexity index is 416. The van der Waals surface area contributed by atoms with Gasteiger partial charge in [-0.2, -0.15) is 5.06 Å². The van der Waals surface area contributed by atoms with Crippen LogP contribution < -0.4 is 0 Å². The molecular formula is C13H21NO5. The first-order chi connectivity index (χ1) is 8.47. The first kappa shape index (κ1) is 15.7. The highest BCUT2D eigenvalue weighted by atomic mass is 16.5. The number of carboxylic acids is 2. The van der Waals surface area contributed by atoms with Gasteiger partial charge >= 0.3 is 11.9 Å². The van der Waals surface area contributed by atoms with Crippen LogP contribution in [-0.2, 0) is 9.59 Å². The van der Waals surface area contributed by atoms with Gasteiger partial charge in [-0.3, -0.25) is 4.79 Å². The van der Waals surface area contributed by atoms with E-state index in [9.17, 15) is 19.9 Å². The lowest BCUT2D eigenvalue weighted by Gasteiger charge is -2.49. The molecule has 0 atom stereocenters. The fourth-order valence-corrected chi connectivity index (χ4v) is 2.79. The average Bonchev–Trinajstić information content (AvgIpc) is 2.21. The van der Waals surface area contributed by atoms with Gasteiger partial charge in [0.15, 0.2) is 0 Å². The number of nitrogens with zero attached hydrogens (tertiary/aromatic N) is 1. The Morgan fingerprint density at radius 1 is 1.11 bits per heavy atom. The number of rotatable bonds is 3. The maximum absolute atomic E-state index is 11.2. The van der Waals surface area contributed by atoms with Crippen molar-refractivity contribution >= 4 is 11.9 Å². The SMILES string of the molecule is CC1(C)CC(=C(CC(=O)O)C(=O)O)CC(C)(C)N1O. The van der Waals surface area contributed by atoms with Crippen molar-refractivity contribution in [1.82, 2.24) is 5.06 Å². The minimum atomic E-state index is -1.20. The zero-order chi connectivity index (χ0) is 15.0. The van der Waals surface area contributed by atoms with Crippen LogP contribution in [0.3, 0.4) is 0 Å². The topological polar surface area (TPSA) is 98.1 Å². The lowest BCUT2D eigenvalue weighted by atomic mass is 9.76. The van der Waals surface area contributed by atoms with Crippen LogP contribution in [0.5, 0.6) is 0 Å². The molecule has 0 aliphatic carbocycles. The maximum atomic E-state index is 11.2. The Labute approximate surface area is 112 Å². The first-order valence-corrected chi connectivity index (χ1v) is 6.12. The molecule has 0 amide bonds. The van der Waals surface area contributed by atoms with Gasteiger partial charge in [0.25, 0.3) is 0 Å². The van der Waals surface area contributed by atoms with Crippen LogP contribution in [-0.4, -0.2) is 43.5 Å². The van der Waals surface area contributed by atoms with Gasteiger partial charge < -0.3 is 15.4 Å². The Balaban J connectivity index is 3.24. The van der Waals surface area contributed by atoms with Crippen LogP contribution in [0.4, 0.5) is 0 Å². The fraction of sp³-hybridized carbons (Fsp3) is 0.692. The fourth-order valence-electron chi connectivity index (χ4n) is 2.79. The zero-order valence-corrected chi connectivity index (χ0v) is 11.7. The third-order valence-electron chi connectivity index (χ3n) is 3.45. The van der Waals surface area contributed by atoms with Crippen molar-refractivity contribution < 1.29 is 25.0 Å². The lowest BCUT2D eigenvalue weighted by molar-refractivity contribution is -0.233. The molecule has 0 saturated carbocycles. The van der Waals surface area contributed by atoms with Gasteiger partial charge in [0.1, 0.15) is 0 Å². The van der Waals surface area contributed by atoms with Crippen LogP contribution in [0, 0.1) is 0 Å². The monoisotopic (exact) mass is 271 g/mol. The Morgan fingerprint density at radius 2 is 1.53 bits per heavy atom. The van der Waals surface area contributed by atoms with E-state index in [2.05, 4.69) is 0 Å². The summed E-state index contributed by atoms with van der Waals surface area (Å²) in [4.78, 5) is 22.0. The molecule has 0 aromatic rings. The Morgan fingerprint density at radius 3 is 1.84 bits per heavy atom. The highest BCUT2D eigenvalue weighted by Gasteiger charge is 2.44. The van der Waals surface area contributed by atoms with E-state index >= 15 is 0 Å². The van der Waals surface area contributed by atoms with Gasteiger partial charge in [0, 0.05) is 16.7 Å². The molecule has 6 heteroatoms. The maximum Gasteiger partial charge on any atom is 0.332 e. The number of hydrogen-bond donors (Lipinski definition) is 3. The molecule has 1 heterocycles. The Kier molecular flexibility index (Phi) is 4.07. The van der Waals surface area contributed by atoms with Gasteiger partial charge in [-0.15, -0.1) is 0 Å². The van der Waals surface area contributed by atoms with Crippen LogP contribution >= 0.6 is 0 Å². The molecule has 0 unspecified atom stereocenters. The summed E-state index contributed by atoms with van der Waals surface area (Å²) in [5.41, 5.74) is -0.732. The molecule has 0 radical (unpaired) electrons. The number of hydrogen-bond acceptors (Lipinski definition) is 4. The molecule has 1 fully saturated rings. The first-order valence-electron chi connectivity index (χ1n) is 6.12. The predicted molar refractivity (Wildman–Crippen MR) is 67.9 cm³/mol. The van der Waals surface area contributed by atoms with Crippen LogP contribution in [0.25, 0.3) is 0 Å². The highest BCUT2D eigenvalue weighted by Crippen LogP contribution is 2.41. The van der Waals surface area contributed by atoms with E-state index in [1.165, 1.54) is 5.06 Å². The molecule has 0 bridgehead atoms. The predicted octanol–water partition coefficient (Wildman–Crippen LogP) is 1.88. The van der Waals surface area contributed by atoms with Crippen molar-refractivity contribution in [2.45, 2.75) is 58.0 Å². The summed E-state index contributed by atoms with van der Waals surface area (Å²) in [5.74, 6) is -2.36. The third kappa shape index (κ3) is 3.33. The van der Waals surface area contributed by atoms with E-state index in [-0.39, 0.29) is 5.57 Å². The van der Waals surface area contributed by atoms with Crippen LogP contribution in [0.2, 0.25) is 0 Å². The van der Waals surface area contributed by atoms with Gasteiger partial charge in [-0.1, -0.05) is 5.57 Å². The van der Waals surface area contributed by atoms with Crippen LogP contribution in [0.1, 0.15) is 47.0 Å². The third-order valence-corrected chi connectivity index (χ3v) is 3.45. The molecule has 0 aromatic carbocycles. The number of carboxylic acid groups (broad SMARTS) is 2. The van der Waals surface area contributed by atoms with Gasteiger partial charge in [-0.25, -0.2) is 4.79 Å². The van der Waals surface area contributed by atoms with Crippen molar-refractivity contribution in [3.63, 3.8) is 0 Å². The van der Waals surface area contributed by atoms with Crippen molar-refractivity contribution in [2.75, 3.05) is 0 Å². The minimum absolute atomic E-state index is 0.0678. The number of carbonyl (C=O) groups is 2. The molecule has 19 heavy (non-hydrogen) atoms. The van der Waals surface area contributed by atoms with Crippen molar-refractivity contribution in [2.24, 2.45) is 0 Å². The second-order valence-electron chi connectivity index (χ2n) is 6.25. The number of hydroxylamine groups is 2. The van der Waals surface area contributed by atoms with Crippen LogP contribution in [0.15, 0.2) is 11.1 Å². The van der Waals surface area contributed by atoms with Gasteiger partial charge in [0.05, 0.1) is 6.42 Å². The average molecular weight is 271 g/mol. The zero-order valence-electron chi connectivity index (χ0n) is 11.7. The van der Waals surface area contributed by atoms with Crippen molar-refractivity contribution in [3.05, 3.63) is 11.1 Å². The van der Waals surface area contributed by atoms with Gasteiger partial charge in [0.2, 0.25) is 0 Å². The van der Waals surface area contributed by atoms with E-state index in [0.29, 0.717) is 18.4 Å². The molecule has 1 rings (SSSR count). The molecule has 6 nitrogen and oxygen atoms in total. The molecule has 3 N–H and O–H groups in total. The smallest absolute Gasteiger partial charge is 0.332 e. The number of piperidine rings is 1. The van der Waals surface area contributed by atoms with E-state index in [0.717, 1.165) is 0 Å². The molecule has 1 aliphatic heterocycles. The highest BCUT2D eigenvalue weighted by molar-refractivity contribution is 5.93. The summed E-state index contributed by atoms with van der Waals surface area (Å²) >= 11 is 0. The van der Waals surface area contributed by atoms with Gasteiger partial charge in [-0.05, 0) is 40.5 Å². The summed E-state index contributed by atoms with van der Waals surface area (Å²) in [6.45, 7) is 7.20. The summed E-state index contributed by atoms with van der Waals surface area (Å²) in [5, 5.41) is 29.4. The van der Waals surface area contributed by atoms with Crippen molar-refractivity contribution in [3.8, 4) is 0 Å². The summed E-state index contributed by atoms with van der Waals surface area (Å²) in [6.07, 6.45) is 0.173. The second kappa shape index (κ2) is 4.94. The summed E-state index contributed by atoms with van der Waals surface area (Å²) in [6, 6.07) is 0. The van der Waals surface area contributed by atoms with E-state index in [1.54, 1.807) is 27.7 Å². The molecular weight excluding hydrogens is 250 g/mol. The number of aliphatic carboxylic acids is 2. The molecule has 1 aliphatic rings. The molecule has 108 valence electrons. The summed E-state index contributed by atoms with van der Waals surface area (Å²) < 4.78 is 0. The largest absolute Gasteiger partial charge is 0.481 e. The molecule has 1 saturated heterocycles. The quantitative estimate of drug-likeness (QED) is 0.678. The standard InChI is InChI=1S/C13H21NO5/c1-12(2)6-8(7-13(3,4)14(12)19)9(11(17)18)5-10(15)16/h19H,5-7H2,1-4H3,(H,15,16)(H,17,18). The van der Waals surface area contributed by atoms with E-state index in [4.69, 9.17) is 5.11 Å². The second-order valence-corrected chi connectivity index (χ2v) is 6.25. The Hall–Kier alpha value is -1.40. The molecule has 0 aromatic heterocycles. The van der Waals surface area contributed by atoms with E-state index in [1.807, 2.05) is 0 Å².